The highest BCUT2D eigenvalue weighted by Gasteiger charge is 2.47. The molecule has 0 bridgehead atoms. The van der Waals surface area contributed by atoms with Crippen LogP contribution in [0.15, 0.2) is 18.2 Å². The van der Waals surface area contributed by atoms with Gasteiger partial charge in [-0.3, -0.25) is 9.59 Å². The first-order valence-corrected chi connectivity index (χ1v) is 6.33. The lowest BCUT2D eigenvalue weighted by molar-refractivity contribution is -0.148. The number of phenolic OH excluding ortho intramolecular Hbond substituents is 1. The van der Waals surface area contributed by atoms with Crippen molar-refractivity contribution < 1.29 is 24.5 Å². The molecule has 2 atom stereocenters. The Bertz CT molecular complexity index is 562. The van der Waals surface area contributed by atoms with Crippen LogP contribution in [0.3, 0.4) is 0 Å². The number of rotatable bonds is 3. The number of hydrogen-bond donors (Lipinski definition) is 3. The zero-order valence-electron chi connectivity index (χ0n) is 10.7. The molecular weight excluding hydrogens is 286 g/mol. The van der Waals surface area contributed by atoms with Crippen molar-refractivity contribution in [3.05, 3.63) is 28.8 Å². The van der Waals surface area contributed by atoms with E-state index in [1.807, 2.05) is 0 Å². The van der Waals surface area contributed by atoms with Crippen molar-refractivity contribution in [3.8, 4) is 5.75 Å². The van der Waals surface area contributed by atoms with Crippen LogP contribution in [0.4, 0.5) is 0 Å². The van der Waals surface area contributed by atoms with Gasteiger partial charge in [0.15, 0.2) is 0 Å². The van der Waals surface area contributed by atoms with Gasteiger partial charge in [-0.1, -0.05) is 11.6 Å². The van der Waals surface area contributed by atoms with Gasteiger partial charge in [-0.15, -0.1) is 0 Å². The molecule has 3 N–H and O–H groups in total. The predicted octanol–water partition coefficient (Wildman–Crippen LogP) is 1.27. The van der Waals surface area contributed by atoms with Crippen LogP contribution in [0.5, 0.6) is 5.75 Å². The number of carbonyl (C=O) groups excluding carboxylic acids is 1. The highest BCUT2D eigenvalue weighted by atomic mass is 35.5. The third kappa shape index (κ3) is 2.57. The van der Waals surface area contributed by atoms with Crippen molar-refractivity contribution in [2.75, 3.05) is 13.2 Å². The molecule has 1 fully saturated rings. The van der Waals surface area contributed by atoms with Crippen molar-refractivity contribution in [3.63, 3.8) is 0 Å². The van der Waals surface area contributed by atoms with Crippen LogP contribution in [-0.2, 0) is 9.53 Å². The Morgan fingerprint density at radius 1 is 1.50 bits per heavy atom. The molecule has 0 saturated carbocycles. The molecule has 0 radical (unpaired) electrons. The summed E-state index contributed by atoms with van der Waals surface area (Å²) in [6.45, 7) is 1.66. The molecule has 1 amide bonds. The number of halogens is 1. The smallest absolute Gasteiger partial charge is 0.313 e. The fourth-order valence-electron chi connectivity index (χ4n) is 2.01. The maximum atomic E-state index is 12.1. The number of aromatic hydroxyl groups is 1. The van der Waals surface area contributed by atoms with Crippen molar-refractivity contribution in [1.29, 1.82) is 0 Å². The second kappa shape index (κ2) is 5.30. The number of ether oxygens (including phenoxy) is 1. The monoisotopic (exact) mass is 299 g/mol. The number of benzene rings is 1. The van der Waals surface area contributed by atoms with E-state index in [9.17, 15) is 19.8 Å². The molecule has 0 spiro atoms. The van der Waals surface area contributed by atoms with Crippen LogP contribution in [-0.4, -0.2) is 41.3 Å². The van der Waals surface area contributed by atoms with Gasteiger partial charge in [-0.25, -0.2) is 0 Å². The molecule has 108 valence electrons. The fourth-order valence-corrected chi connectivity index (χ4v) is 2.21. The zero-order chi connectivity index (χ0) is 14.9. The fraction of sp³-hybridized carbons (Fsp3) is 0.385. The van der Waals surface area contributed by atoms with E-state index in [2.05, 4.69) is 5.32 Å². The summed E-state index contributed by atoms with van der Waals surface area (Å²) in [6, 6.07) is 3.32. The van der Waals surface area contributed by atoms with E-state index in [4.69, 9.17) is 16.3 Å². The van der Waals surface area contributed by atoms with Gasteiger partial charge in [0.05, 0.1) is 29.8 Å². The van der Waals surface area contributed by atoms with Crippen LogP contribution < -0.4 is 5.32 Å². The van der Waals surface area contributed by atoms with E-state index in [1.165, 1.54) is 25.1 Å². The van der Waals surface area contributed by atoms with Gasteiger partial charge in [0.25, 0.3) is 5.91 Å². The van der Waals surface area contributed by atoms with E-state index in [0.717, 1.165) is 0 Å². The highest BCUT2D eigenvalue weighted by Crippen LogP contribution is 2.29. The topological polar surface area (TPSA) is 95.9 Å². The van der Waals surface area contributed by atoms with Crippen LogP contribution in [0, 0.1) is 5.41 Å². The summed E-state index contributed by atoms with van der Waals surface area (Å²) in [4.78, 5) is 23.4. The van der Waals surface area contributed by atoms with Crippen LogP contribution in [0.2, 0.25) is 5.02 Å². The van der Waals surface area contributed by atoms with Crippen molar-refractivity contribution in [2.45, 2.75) is 13.0 Å². The summed E-state index contributed by atoms with van der Waals surface area (Å²) in [5.41, 5.74) is -1.09. The normalized spacial score (nSPS) is 25.4. The largest absolute Gasteiger partial charge is 0.508 e. The third-order valence-electron chi connectivity index (χ3n) is 3.44. The van der Waals surface area contributed by atoms with Crippen LogP contribution >= 0.6 is 11.6 Å². The van der Waals surface area contributed by atoms with Gasteiger partial charge in [-0.05, 0) is 25.1 Å². The molecule has 7 heteroatoms. The quantitative estimate of drug-likeness (QED) is 0.781. The Hall–Kier alpha value is -1.79. The standard InChI is InChI=1S/C13H14ClNO5/c1-13(12(18)19)6-20-5-10(13)15-11(17)8-4-7(16)2-3-9(8)14/h2-4,10,16H,5-6H2,1H3,(H,15,17)(H,18,19). The van der Waals surface area contributed by atoms with Crippen LogP contribution in [0.25, 0.3) is 0 Å². The van der Waals surface area contributed by atoms with Gasteiger partial charge < -0.3 is 20.3 Å². The average Bonchev–Trinajstić information content (AvgIpc) is 2.75. The van der Waals surface area contributed by atoms with E-state index < -0.39 is 23.3 Å². The Labute approximate surface area is 120 Å². The van der Waals surface area contributed by atoms with Gasteiger partial charge in [0.1, 0.15) is 11.2 Å². The maximum absolute atomic E-state index is 12.1. The van der Waals surface area contributed by atoms with Gasteiger partial charge in [0.2, 0.25) is 0 Å². The first kappa shape index (κ1) is 14.6. The number of nitrogens with one attached hydrogen (secondary N) is 1. The molecule has 1 heterocycles. The summed E-state index contributed by atoms with van der Waals surface area (Å²) >= 11 is 5.89. The number of aliphatic carboxylic acids is 1. The van der Waals surface area contributed by atoms with Gasteiger partial charge in [-0.2, -0.15) is 0 Å². The minimum Gasteiger partial charge on any atom is -0.508 e. The molecule has 6 nitrogen and oxygen atoms in total. The summed E-state index contributed by atoms with van der Waals surface area (Å²) in [5, 5.41) is 21.4. The van der Waals surface area contributed by atoms with E-state index in [-0.39, 0.29) is 29.5 Å². The molecule has 0 aromatic heterocycles. The lowest BCUT2D eigenvalue weighted by Crippen LogP contribution is -2.49. The van der Waals surface area contributed by atoms with E-state index in [1.54, 1.807) is 0 Å². The maximum Gasteiger partial charge on any atom is 0.313 e. The Kier molecular flexibility index (Phi) is 3.87. The number of hydrogen-bond acceptors (Lipinski definition) is 4. The molecule has 0 aliphatic carbocycles. The lowest BCUT2D eigenvalue weighted by atomic mass is 9.85. The molecule has 2 unspecified atom stereocenters. The summed E-state index contributed by atoms with van der Waals surface area (Å²) < 4.78 is 5.15. The minimum atomic E-state index is -1.18. The molecule has 2 rings (SSSR count). The predicted molar refractivity (Wildman–Crippen MR) is 70.9 cm³/mol. The second-order valence-electron chi connectivity index (χ2n) is 4.93. The molecule has 1 saturated heterocycles. The van der Waals surface area contributed by atoms with Crippen molar-refractivity contribution in [1.82, 2.24) is 5.32 Å². The van der Waals surface area contributed by atoms with Gasteiger partial charge in [0, 0.05) is 0 Å². The SMILES string of the molecule is CC1(C(=O)O)COCC1NC(=O)c1cc(O)ccc1Cl. The van der Waals surface area contributed by atoms with Gasteiger partial charge >= 0.3 is 5.97 Å². The molecule has 1 aliphatic rings. The minimum absolute atomic E-state index is 0.0288. The lowest BCUT2D eigenvalue weighted by Gasteiger charge is -2.25. The second-order valence-corrected chi connectivity index (χ2v) is 5.34. The summed E-state index contributed by atoms with van der Waals surface area (Å²) in [5.74, 6) is -1.68. The third-order valence-corrected chi connectivity index (χ3v) is 3.77. The number of carboxylic acids is 1. The van der Waals surface area contributed by atoms with E-state index >= 15 is 0 Å². The van der Waals surface area contributed by atoms with Crippen LogP contribution in [0.1, 0.15) is 17.3 Å². The number of carboxylic acid groups (broad SMARTS) is 1. The number of amides is 1. The molecule has 1 aliphatic heterocycles. The first-order chi connectivity index (χ1) is 9.34. The summed E-state index contributed by atoms with van der Waals surface area (Å²) in [6.07, 6.45) is 0. The highest BCUT2D eigenvalue weighted by molar-refractivity contribution is 6.33. The molecule has 1 aromatic carbocycles. The Morgan fingerprint density at radius 2 is 2.20 bits per heavy atom. The first-order valence-electron chi connectivity index (χ1n) is 5.95. The zero-order valence-corrected chi connectivity index (χ0v) is 11.5. The number of phenols is 1. The van der Waals surface area contributed by atoms with Crippen molar-refractivity contribution in [2.24, 2.45) is 5.41 Å². The number of carbonyl (C=O) groups is 2. The van der Waals surface area contributed by atoms with E-state index in [0.29, 0.717) is 0 Å². The Balaban J connectivity index is 2.19. The average molecular weight is 300 g/mol. The summed E-state index contributed by atoms with van der Waals surface area (Å²) in [7, 11) is 0. The Morgan fingerprint density at radius 3 is 2.85 bits per heavy atom. The molecule has 20 heavy (non-hydrogen) atoms. The molecular formula is C13H14ClNO5. The van der Waals surface area contributed by atoms with Crippen molar-refractivity contribution >= 4 is 23.5 Å². The molecule has 1 aromatic rings.